The van der Waals surface area contributed by atoms with E-state index in [1.165, 1.54) is 12.1 Å². The van der Waals surface area contributed by atoms with Crippen molar-refractivity contribution in [1.82, 2.24) is 5.32 Å². The zero-order valence-corrected chi connectivity index (χ0v) is 12.3. The standard InChI is InChI=1S/C13H18N2O4S/c1-10(11-4-3-5-12(8-11)15(16)17)14-13(2)6-7-20(18,19)9-13/h3-5,8,10,14H,6-7,9H2,1-2H3. The fourth-order valence-corrected chi connectivity index (χ4v) is 4.74. The van der Waals surface area contributed by atoms with Crippen molar-refractivity contribution in [2.75, 3.05) is 11.5 Å². The minimum Gasteiger partial charge on any atom is -0.304 e. The summed E-state index contributed by atoms with van der Waals surface area (Å²) < 4.78 is 23.2. The van der Waals surface area contributed by atoms with Crippen LogP contribution in [0.4, 0.5) is 5.69 Å². The molecule has 0 aliphatic carbocycles. The molecule has 1 heterocycles. The first kappa shape index (κ1) is 14.9. The molecule has 1 fully saturated rings. The van der Waals surface area contributed by atoms with Crippen LogP contribution in [0.3, 0.4) is 0 Å². The van der Waals surface area contributed by atoms with Crippen LogP contribution in [-0.2, 0) is 9.84 Å². The van der Waals surface area contributed by atoms with Crippen molar-refractivity contribution < 1.29 is 13.3 Å². The number of nitro groups is 1. The van der Waals surface area contributed by atoms with Gasteiger partial charge in [0.2, 0.25) is 0 Å². The second kappa shape index (κ2) is 5.14. The largest absolute Gasteiger partial charge is 0.304 e. The van der Waals surface area contributed by atoms with Crippen molar-refractivity contribution in [2.24, 2.45) is 0 Å². The maximum Gasteiger partial charge on any atom is 0.269 e. The zero-order valence-electron chi connectivity index (χ0n) is 11.5. The molecule has 1 aromatic carbocycles. The molecule has 1 aliphatic heterocycles. The second-order valence-electron chi connectivity index (χ2n) is 5.62. The van der Waals surface area contributed by atoms with Gasteiger partial charge in [-0.15, -0.1) is 0 Å². The Kier molecular flexibility index (Phi) is 3.84. The Morgan fingerprint density at radius 2 is 2.15 bits per heavy atom. The molecule has 1 aliphatic rings. The minimum absolute atomic E-state index is 0.0420. The number of nitrogens with one attached hydrogen (secondary N) is 1. The summed E-state index contributed by atoms with van der Waals surface area (Å²) in [4.78, 5) is 10.3. The normalized spacial score (nSPS) is 26.3. The summed E-state index contributed by atoms with van der Waals surface area (Å²) in [6, 6.07) is 6.26. The lowest BCUT2D eigenvalue weighted by molar-refractivity contribution is -0.384. The summed E-state index contributed by atoms with van der Waals surface area (Å²) in [5.41, 5.74) is 0.355. The quantitative estimate of drug-likeness (QED) is 0.676. The van der Waals surface area contributed by atoms with Gasteiger partial charge in [-0.3, -0.25) is 10.1 Å². The number of nitrogens with zero attached hydrogens (tertiary/aromatic N) is 1. The van der Waals surface area contributed by atoms with E-state index in [1.807, 2.05) is 13.8 Å². The van der Waals surface area contributed by atoms with Gasteiger partial charge in [-0.1, -0.05) is 12.1 Å². The van der Waals surface area contributed by atoms with Crippen LogP contribution in [0, 0.1) is 10.1 Å². The molecular formula is C13H18N2O4S. The summed E-state index contributed by atoms with van der Waals surface area (Å²) in [5, 5.41) is 14.1. The molecule has 7 heteroatoms. The molecule has 110 valence electrons. The molecule has 0 aromatic heterocycles. The summed E-state index contributed by atoms with van der Waals surface area (Å²) in [6.07, 6.45) is 0.564. The molecule has 0 amide bonds. The Labute approximate surface area is 118 Å². The number of hydrogen-bond donors (Lipinski definition) is 1. The number of rotatable bonds is 4. The topological polar surface area (TPSA) is 89.3 Å². The van der Waals surface area contributed by atoms with Gasteiger partial charge in [0.25, 0.3) is 5.69 Å². The Bertz CT molecular complexity index is 629. The molecule has 1 N–H and O–H groups in total. The number of nitro benzene ring substituents is 1. The Morgan fingerprint density at radius 3 is 2.70 bits per heavy atom. The van der Waals surface area contributed by atoms with E-state index in [1.54, 1.807) is 12.1 Å². The van der Waals surface area contributed by atoms with Crippen molar-refractivity contribution in [3.8, 4) is 0 Å². The van der Waals surface area contributed by atoms with Gasteiger partial charge in [-0.2, -0.15) is 0 Å². The number of sulfone groups is 1. The van der Waals surface area contributed by atoms with Crippen LogP contribution in [0.25, 0.3) is 0 Å². The molecule has 2 rings (SSSR count). The van der Waals surface area contributed by atoms with Crippen LogP contribution >= 0.6 is 0 Å². The van der Waals surface area contributed by atoms with E-state index in [4.69, 9.17) is 0 Å². The highest BCUT2D eigenvalue weighted by Crippen LogP contribution is 2.27. The third-order valence-electron chi connectivity index (χ3n) is 3.65. The fourth-order valence-electron chi connectivity index (χ4n) is 2.64. The molecule has 0 bridgehead atoms. The van der Waals surface area contributed by atoms with E-state index in [0.717, 1.165) is 5.56 Å². The maximum atomic E-state index is 11.6. The van der Waals surface area contributed by atoms with Crippen molar-refractivity contribution in [3.63, 3.8) is 0 Å². The first-order chi connectivity index (χ1) is 9.21. The molecule has 0 spiro atoms. The summed E-state index contributed by atoms with van der Waals surface area (Å²) in [6.45, 7) is 3.76. The van der Waals surface area contributed by atoms with Crippen LogP contribution < -0.4 is 5.32 Å². The first-order valence-electron chi connectivity index (χ1n) is 6.43. The lowest BCUT2D eigenvalue weighted by Gasteiger charge is -2.28. The maximum absolute atomic E-state index is 11.6. The molecule has 6 nitrogen and oxygen atoms in total. The van der Waals surface area contributed by atoms with Gasteiger partial charge in [0.05, 0.1) is 16.4 Å². The average molecular weight is 298 g/mol. The lowest BCUT2D eigenvalue weighted by Crippen LogP contribution is -2.44. The molecule has 0 radical (unpaired) electrons. The van der Waals surface area contributed by atoms with Crippen LogP contribution in [0.1, 0.15) is 31.9 Å². The fraction of sp³-hybridized carbons (Fsp3) is 0.538. The number of benzene rings is 1. The Hall–Kier alpha value is -1.47. The Balaban J connectivity index is 2.14. The predicted octanol–water partition coefficient (Wildman–Crippen LogP) is 1.82. The molecule has 0 saturated carbocycles. The third kappa shape index (κ3) is 3.34. The van der Waals surface area contributed by atoms with Crippen molar-refractivity contribution in [1.29, 1.82) is 0 Å². The number of non-ortho nitro benzene ring substituents is 1. The van der Waals surface area contributed by atoms with Gasteiger partial charge >= 0.3 is 0 Å². The minimum atomic E-state index is -2.97. The van der Waals surface area contributed by atoms with Gasteiger partial charge in [-0.25, -0.2) is 8.42 Å². The summed E-state index contributed by atoms with van der Waals surface area (Å²) >= 11 is 0. The predicted molar refractivity (Wildman–Crippen MR) is 76.3 cm³/mol. The van der Waals surface area contributed by atoms with E-state index in [-0.39, 0.29) is 23.2 Å². The SMILES string of the molecule is CC(NC1(C)CCS(=O)(=O)C1)c1cccc([N+](=O)[O-])c1. The highest BCUT2D eigenvalue weighted by Gasteiger charge is 2.39. The van der Waals surface area contributed by atoms with Crippen LogP contribution in [-0.4, -0.2) is 30.4 Å². The second-order valence-corrected chi connectivity index (χ2v) is 7.80. The van der Waals surface area contributed by atoms with Crippen LogP contribution in [0.2, 0.25) is 0 Å². The molecule has 1 saturated heterocycles. The highest BCUT2D eigenvalue weighted by molar-refractivity contribution is 7.91. The van der Waals surface area contributed by atoms with Crippen molar-refractivity contribution in [2.45, 2.75) is 31.8 Å². The van der Waals surface area contributed by atoms with Gasteiger partial charge < -0.3 is 5.32 Å². The van der Waals surface area contributed by atoms with Gasteiger partial charge in [-0.05, 0) is 25.8 Å². The monoisotopic (exact) mass is 298 g/mol. The number of hydrogen-bond acceptors (Lipinski definition) is 5. The average Bonchev–Trinajstić information content (AvgIpc) is 2.63. The Morgan fingerprint density at radius 1 is 1.45 bits per heavy atom. The van der Waals surface area contributed by atoms with Gasteiger partial charge in [0, 0.05) is 23.7 Å². The molecular weight excluding hydrogens is 280 g/mol. The summed E-state index contributed by atoms with van der Waals surface area (Å²) in [7, 11) is -2.97. The lowest BCUT2D eigenvalue weighted by atomic mass is 9.98. The van der Waals surface area contributed by atoms with E-state index >= 15 is 0 Å². The van der Waals surface area contributed by atoms with Crippen molar-refractivity contribution >= 4 is 15.5 Å². The molecule has 1 aromatic rings. The summed E-state index contributed by atoms with van der Waals surface area (Å²) in [5.74, 6) is 0.303. The highest BCUT2D eigenvalue weighted by atomic mass is 32.2. The molecule has 2 unspecified atom stereocenters. The van der Waals surface area contributed by atoms with Crippen LogP contribution in [0.15, 0.2) is 24.3 Å². The first-order valence-corrected chi connectivity index (χ1v) is 8.25. The molecule has 2 atom stereocenters. The van der Waals surface area contributed by atoms with Crippen LogP contribution in [0.5, 0.6) is 0 Å². The zero-order chi connectivity index (χ0) is 15.0. The van der Waals surface area contributed by atoms with E-state index in [2.05, 4.69) is 5.32 Å². The third-order valence-corrected chi connectivity index (χ3v) is 5.55. The van der Waals surface area contributed by atoms with E-state index in [9.17, 15) is 18.5 Å². The van der Waals surface area contributed by atoms with E-state index in [0.29, 0.717) is 6.42 Å². The van der Waals surface area contributed by atoms with Gasteiger partial charge in [0.15, 0.2) is 9.84 Å². The van der Waals surface area contributed by atoms with Gasteiger partial charge in [0.1, 0.15) is 0 Å². The van der Waals surface area contributed by atoms with Crippen molar-refractivity contribution in [3.05, 3.63) is 39.9 Å². The smallest absolute Gasteiger partial charge is 0.269 e. The molecule has 20 heavy (non-hydrogen) atoms. The van der Waals surface area contributed by atoms with E-state index < -0.39 is 20.3 Å².